The van der Waals surface area contributed by atoms with Crippen LogP contribution in [0.1, 0.15) is 44.2 Å². The fourth-order valence-corrected chi connectivity index (χ4v) is 5.95. The topological polar surface area (TPSA) is 93.3 Å². The molecule has 4 aromatic rings. The number of hydrogen-bond donors (Lipinski definition) is 1. The van der Waals surface area contributed by atoms with E-state index in [1.54, 1.807) is 13.1 Å². The Morgan fingerprint density at radius 1 is 1.02 bits per heavy atom. The Bertz CT molecular complexity index is 1550. The Morgan fingerprint density at radius 3 is 2.46 bits per heavy atom. The summed E-state index contributed by atoms with van der Waals surface area (Å²) in [5.41, 5.74) is 4.38. The van der Waals surface area contributed by atoms with Crippen molar-refractivity contribution in [3.8, 4) is 17.1 Å². The molecule has 0 bridgehead atoms. The fraction of sp³-hybridized carbons (Fsp3) is 0.484. The number of nitrogens with one attached hydrogen (secondary N) is 1. The van der Waals surface area contributed by atoms with Gasteiger partial charge in [0.1, 0.15) is 17.6 Å². The van der Waals surface area contributed by atoms with Crippen LogP contribution in [0.2, 0.25) is 0 Å². The molecule has 6 rings (SSSR count). The number of hydrogen-bond acceptors (Lipinski definition) is 8. The molecule has 1 saturated carbocycles. The van der Waals surface area contributed by atoms with E-state index in [4.69, 9.17) is 9.84 Å². The zero-order chi connectivity index (χ0) is 28.5. The molecule has 1 N–H and O–H groups in total. The van der Waals surface area contributed by atoms with E-state index in [0.717, 1.165) is 79.8 Å². The molecule has 0 atom stereocenters. The highest BCUT2D eigenvalue weighted by atomic mass is 16.5. The fourth-order valence-electron chi connectivity index (χ4n) is 5.95. The van der Waals surface area contributed by atoms with Crippen molar-refractivity contribution >= 4 is 16.7 Å². The van der Waals surface area contributed by atoms with Crippen molar-refractivity contribution in [2.45, 2.75) is 57.3 Å². The van der Waals surface area contributed by atoms with E-state index >= 15 is 0 Å². The van der Waals surface area contributed by atoms with Gasteiger partial charge in [-0.3, -0.25) is 14.4 Å². The first kappa shape index (κ1) is 27.4. The summed E-state index contributed by atoms with van der Waals surface area (Å²) < 4.78 is 9.65. The van der Waals surface area contributed by atoms with Crippen LogP contribution in [-0.4, -0.2) is 80.2 Å². The third-order valence-electron chi connectivity index (χ3n) is 8.46. The smallest absolute Gasteiger partial charge is 0.266 e. The molecule has 41 heavy (non-hydrogen) atoms. The maximum atomic E-state index is 11.7. The predicted molar refractivity (Wildman–Crippen MR) is 161 cm³/mol. The third kappa shape index (κ3) is 5.85. The van der Waals surface area contributed by atoms with Gasteiger partial charge < -0.3 is 15.0 Å². The number of ether oxygens (including phenoxy) is 1. The second kappa shape index (κ2) is 11.6. The maximum absolute atomic E-state index is 11.7. The van der Waals surface area contributed by atoms with Gasteiger partial charge in [0, 0.05) is 74.6 Å². The summed E-state index contributed by atoms with van der Waals surface area (Å²) in [6, 6.07) is 15.1. The number of likely N-dealkylation sites (tertiary alicyclic amines) is 1. The molecule has 2 fully saturated rings. The van der Waals surface area contributed by atoms with Gasteiger partial charge in [-0.05, 0) is 52.3 Å². The van der Waals surface area contributed by atoms with Crippen LogP contribution in [0, 0.1) is 0 Å². The lowest BCUT2D eigenvalue weighted by Gasteiger charge is -2.42. The van der Waals surface area contributed by atoms with E-state index in [-0.39, 0.29) is 17.7 Å². The molecule has 1 saturated heterocycles. The number of aryl methyl sites for hydroxylation is 1. The molecule has 2 aliphatic rings. The average molecular weight is 557 g/mol. The summed E-state index contributed by atoms with van der Waals surface area (Å²) in [6.07, 6.45) is 5.74. The number of benzene rings is 1. The van der Waals surface area contributed by atoms with Gasteiger partial charge in [0.15, 0.2) is 0 Å². The number of anilines is 1. The average Bonchev–Trinajstić information content (AvgIpc) is 3.32. The number of nitrogens with zero attached hydrogens (tertiary/aromatic N) is 7. The summed E-state index contributed by atoms with van der Waals surface area (Å²) in [5, 5.41) is 13.9. The van der Waals surface area contributed by atoms with Crippen LogP contribution in [0.25, 0.3) is 22.2 Å². The Morgan fingerprint density at radius 2 is 1.78 bits per heavy atom. The molecule has 10 nitrogen and oxygen atoms in total. The minimum atomic E-state index is -0.141. The number of rotatable bonds is 9. The van der Waals surface area contributed by atoms with Crippen LogP contribution in [0.15, 0.2) is 53.5 Å². The standard InChI is InChI=1S/C31H40N8O2/c1-5-32-28-16-27-26(17-33-28)31(22-8-6-21(7-9-22)18-38-19-24(20-38)36(2)3)35-39(27)23-10-12-25(13-11-23)41-29-14-15-30(40)37(4)34-29/h6-9,14-17,23-25H,5,10-13,18-20H2,1-4H3,(H,32,33). The molecule has 0 spiro atoms. The Kier molecular flexibility index (Phi) is 7.77. The van der Waals surface area contributed by atoms with Crippen molar-refractivity contribution < 1.29 is 4.74 Å². The molecule has 4 heterocycles. The summed E-state index contributed by atoms with van der Waals surface area (Å²) in [7, 11) is 5.95. The van der Waals surface area contributed by atoms with Crippen molar-refractivity contribution in [2.24, 2.45) is 7.05 Å². The van der Waals surface area contributed by atoms with Crippen molar-refractivity contribution in [3.63, 3.8) is 0 Å². The van der Waals surface area contributed by atoms with Crippen LogP contribution >= 0.6 is 0 Å². The second-order valence-corrected chi connectivity index (χ2v) is 11.6. The molecule has 1 aromatic carbocycles. The first-order valence-corrected chi connectivity index (χ1v) is 14.7. The summed E-state index contributed by atoms with van der Waals surface area (Å²) in [5.74, 6) is 1.37. The molecular weight excluding hydrogens is 516 g/mol. The second-order valence-electron chi connectivity index (χ2n) is 11.6. The first-order chi connectivity index (χ1) is 19.9. The maximum Gasteiger partial charge on any atom is 0.266 e. The third-order valence-corrected chi connectivity index (χ3v) is 8.46. The first-order valence-electron chi connectivity index (χ1n) is 14.7. The van der Waals surface area contributed by atoms with Crippen molar-refractivity contribution in [2.75, 3.05) is 39.0 Å². The number of pyridine rings is 1. The zero-order valence-corrected chi connectivity index (χ0v) is 24.5. The molecule has 0 amide bonds. The highest BCUT2D eigenvalue weighted by molar-refractivity contribution is 5.94. The molecule has 1 aliphatic carbocycles. The lowest BCUT2D eigenvalue weighted by molar-refractivity contribution is 0.0574. The van der Waals surface area contributed by atoms with Crippen molar-refractivity contribution in [1.82, 2.24) is 34.3 Å². The highest BCUT2D eigenvalue weighted by Crippen LogP contribution is 2.36. The number of aromatic nitrogens is 5. The van der Waals surface area contributed by atoms with Gasteiger partial charge in [0.25, 0.3) is 5.56 Å². The zero-order valence-electron chi connectivity index (χ0n) is 24.5. The Labute approximate surface area is 240 Å². The predicted octanol–water partition coefficient (Wildman–Crippen LogP) is 3.93. The quantitative estimate of drug-likeness (QED) is 0.332. The molecular formula is C31H40N8O2. The summed E-state index contributed by atoms with van der Waals surface area (Å²) in [4.78, 5) is 21.1. The van der Waals surface area contributed by atoms with Gasteiger partial charge in [0.05, 0.1) is 11.6 Å². The van der Waals surface area contributed by atoms with Crippen molar-refractivity contribution in [1.29, 1.82) is 0 Å². The molecule has 0 unspecified atom stereocenters. The summed E-state index contributed by atoms with van der Waals surface area (Å²) in [6.45, 7) is 6.12. The largest absolute Gasteiger partial charge is 0.473 e. The van der Waals surface area contributed by atoms with Crippen LogP contribution < -0.4 is 15.6 Å². The van der Waals surface area contributed by atoms with Gasteiger partial charge in [-0.25, -0.2) is 9.67 Å². The van der Waals surface area contributed by atoms with E-state index in [9.17, 15) is 4.79 Å². The van der Waals surface area contributed by atoms with E-state index in [1.807, 2.05) is 6.20 Å². The SMILES string of the molecule is CCNc1cc2c(cn1)c(-c1ccc(CN3CC(N(C)C)C3)cc1)nn2C1CCC(Oc2ccc(=O)n(C)n2)CC1. The molecule has 3 aromatic heterocycles. The van der Waals surface area contributed by atoms with E-state index in [2.05, 4.69) is 81.2 Å². The highest BCUT2D eigenvalue weighted by Gasteiger charge is 2.29. The Hall–Kier alpha value is -3.76. The number of likely N-dealkylation sites (N-methyl/N-ethyl adjacent to an activating group) is 1. The van der Waals surface area contributed by atoms with Crippen LogP contribution in [-0.2, 0) is 13.6 Å². The van der Waals surface area contributed by atoms with Gasteiger partial charge in [-0.15, -0.1) is 5.10 Å². The normalized spacial score (nSPS) is 19.9. The van der Waals surface area contributed by atoms with E-state index in [1.165, 1.54) is 16.3 Å². The minimum absolute atomic E-state index is 0.0727. The van der Waals surface area contributed by atoms with Gasteiger partial charge in [0.2, 0.25) is 5.88 Å². The number of fused-ring (bicyclic) bond motifs is 1. The molecule has 1 aliphatic heterocycles. The van der Waals surface area contributed by atoms with Crippen LogP contribution in [0.3, 0.4) is 0 Å². The van der Waals surface area contributed by atoms with Gasteiger partial charge in [-0.1, -0.05) is 24.3 Å². The molecule has 216 valence electrons. The molecule has 10 heteroatoms. The lowest BCUT2D eigenvalue weighted by atomic mass is 9.93. The van der Waals surface area contributed by atoms with Gasteiger partial charge >= 0.3 is 0 Å². The van der Waals surface area contributed by atoms with Gasteiger partial charge in [-0.2, -0.15) is 5.10 Å². The van der Waals surface area contributed by atoms with Crippen LogP contribution in [0.4, 0.5) is 5.82 Å². The van der Waals surface area contributed by atoms with E-state index < -0.39 is 0 Å². The van der Waals surface area contributed by atoms with Crippen LogP contribution in [0.5, 0.6) is 5.88 Å². The van der Waals surface area contributed by atoms with Crippen molar-refractivity contribution in [3.05, 3.63) is 64.6 Å². The summed E-state index contributed by atoms with van der Waals surface area (Å²) >= 11 is 0. The molecule has 0 radical (unpaired) electrons. The monoisotopic (exact) mass is 556 g/mol. The van der Waals surface area contributed by atoms with E-state index in [0.29, 0.717) is 11.9 Å². The lowest BCUT2D eigenvalue weighted by Crippen LogP contribution is -2.56. The Balaban J connectivity index is 1.20. The minimum Gasteiger partial charge on any atom is -0.473 e.